The molecule has 1 heterocycles. The summed E-state index contributed by atoms with van der Waals surface area (Å²) in [4.78, 5) is 27.4. The summed E-state index contributed by atoms with van der Waals surface area (Å²) in [6.07, 6.45) is 0. The number of pyridine rings is 1. The SMILES string of the molecule is Cc1ccc2c(C(=O)O)cc(-c3ccccc3C(=O)O)nc2c1. The van der Waals surface area contributed by atoms with Crippen LogP contribution in [0.2, 0.25) is 0 Å². The molecule has 3 rings (SSSR count). The van der Waals surface area contributed by atoms with Crippen LogP contribution >= 0.6 is 0 Å². The first-order chi connectivity index (χ1) is 11.0. The fraction of sp³-hybridized carbons (Fsp3) is 0.0556. The quantitative estimate of drug-likeness (QED) is 0.772. The molecule has 0 aliphatic rings. The predicted octanol–water partition coefficient (Wildman–Crippen LogP) is 3.61. The molecule has 5 nitrogen and oxygen atoms in total. The maximum atomic E-state index is 11.6. The Morgan fingerprint density at radius 3 is 2.30 bits per heavy atom. The van der Waals surface area contributed by atoms with Gasteiger partial charge >= 0.3 is 11.9 Å². The molecular weight excluding hydrogens is 294 g/mol. The molecular formula is C18H13NO4. The molecule has 0 saturated heterocycles. The molecule has 0 aliphatic carbocycles. The lowest BCUT2D eigenvalue weighted by Crippen LogP contribution is -2.03. The van der Waals surface area contributed by atoms with Gasteiger partial charge in [0.1, 0.15) is 0 Å². The summed E-state index contributed by atoms with van der Waals surface area (Å²) in [6.45, 7) is 1.89. The molecule has 114 valence electrons. The van der Waals surface area contributed by atoms with Gasteiger partial charge in [0.25, 0.3) is 0 Å². The van der Waals surface area contributed by atoms with E-state index in [1.165, 1.54) is 12.1 Å². The van der Waals surface area contributed by atoms with Crippen molar-refractivity contribution >= 4 is 22.8 Å². The predicted molar refractivity (Wildman–Crippen MR) is 85.8 cm³/mol. The molecule has 0 atom stereocenters. The summed E-state index contributed by atoms with van der Waals surface area (Å²) >= 11 is 0. The van der Waals surface area contributed by atoms with Gasteiger partial charge in [-0.2, -0.15) is 0 Å². The third kappa shape index (κ3) is 2.64. The molecule has 2 aromatic carbocycles. The van der Waals surface area contributed by atoms with Gasteiger partial charge in [-0.25, -0.2) is 14.6 Å². The number of rotatable bonds is 3. The number of hydrogen-bond donors (Lipinski definition) is 2. The first kappa shape index (κ1) is 14.7. The smallest absolute Gasteiger partial charge is 0.336 e. The number of nitrogens with zero attached hydrogens (tertiary/aromatic N) is 1. The minimum absolute atomic E-state index is 0.0864. The van der Waals surface area contributed by atoms with Crippen molar-refractivity contribution in [2.45, 2.75) is 6.92 Å². The Morgan fingerprint density at radius 1 is 0.913 bits per heavy atom. The van der Waals surface area contributed by atoms with Gasteiger partial charge in [0.05, 0.1) is 22.3 Å². The zero-order valence-corrected chi connectivity index (χ0v) is 12.3. The van der Waals surface area contributed by atoms with Gasteiger partial charge < -0.3 is 10.2 Å². The van der Waals surface area contributed by atoms with Crippen LogP contribution in [-0.4, -0.2) is 27.1 Å². The lowest BCUT2D eigenvalue weighted by atomic mass is 10.00. The van der Waals surface area contributed by atoms with Gasteiger partial charge in [-0.15, -0.1) is 0 Å². The first-order valence-electron chi connectivity index (χ1n) is 6.95. The molecule has 0 bridgehead atoms. The largest absolute Gasteiger partial charge is 0.478 e. The molecule has 0 amide bonds. The monoisotopic (exact) mass is 307 g/mol. The van der Waals surface area contributed by atoms with E-state index in [2.05, 4.69) is 4.98 Å². The summed E-state index contributed by atoms with van der Waals surface area (Å²) < 4.78 is 0. The van der Waals surface area contributed by atoms with Crippen LogP contribution in [0.5, 0.6) is 0 Å². The second kappa shape index (κ2) is 5.53. The highest BCUT2D eigenvalue weighted by atomic mass is 16.4. The normalized spacial score (nSPS) is 10.7. The fourth-order valence-electron chi connectivity index (χ4n) is 2.55. The number of aromatic carboxylic acids is 2. The number of carboxylic acids is 2. The van der Waals surface area contributed by atoms with E-state index >= 15 is 0 Å². The van der Waals surface area contributed by atoms with Crippen LogP contribution in [0.3, 0.4) is 0 Å². The fourth-order valence-corrected chi connectivity index (χ4v) is 2.55. The van der Waals surface area contributed by atoms with E-state index in [0.29, 0.717) is 22.2 Å². The lowest BCUT2D eigenvalue weighted by Gasteiger charge is -2.10. The van der Waals surface area contributed by atoms with Crippen molar-refractivity contribution in [3.8, 4) is 11.3 Å². The molecule has 3 aromatic rings. The Bertz CT molecular complexity index is 947. The number of hydrogen-bond acceptors (Lipinski definition) is 3. The van der Waals surface area contributed by atoms with Gasteiger partial charge in [-0.1, -0.05) is 30.3 Å². The maximum Gasteiger partial charge on any atom is 0.336 e. The van der Waals surface area contributed by atoms with Crippen LogP contribution in [0.15, 0.2) is 48.5 Å². The van der Waals surface area contributed by atoms with E-state index in [-0.39, 0.29) is 11.1 Å². The van der Waals surface area contributed by atoms with E-state index in [0.717, 1.165) is 5.56 Å². The Kier molecular flexibility index (Phi) is 3.54. The number of carboxylic acid groups (broad SMARTS) is 2. The molecule has 0 unspecified atom stereocenters. The van der Waals surface area contributed by atoms with Crippen LogP contribution in [0.25, 0.3) is 22.2 Å². The van der Waals surface area contributed by atoms with Crippen molar-refractivity contribution in [1.82, 2.24) is 4.98 Å². The average Bonchev–Trinajstić information content (AvgIpc) is 2.53. The van der Waals surface area contributed by atoms with E-state index in [1.807, 2.05) is 13.0 Å². The van der Waals surface area contributed by atoms with Crippen molar-refractivity contribution in [2.75, 3.05) is 0 Å². The third-order valence-electron chi connectivity index (χ3n) is 3.63. The zero-order chi connectivity index (χ0) is 16.6. The summed E-state index contributed by atoms with van der Waals surface area (Å²) in [5.74, 6) is -2.15. The van der Waals surface area contributed by atoms with Crippen LogP contribution in [0.4, 0.5) is 0 Å². The maximum absolute atomic E-state index is 11.6. The molecule has 2 N–H and O–H groups in total. The van der Waals surface area contributed by atoms with Crippen LogP contribution in [-0.2, 0) is 0 Å². The molecule has 0 fully saturated rings. The zero-order valence-electron chi connectivity index (χ0n) is 12.3. The van der Waals surface area contributed by atoms with Gasteiger partial charge in [-0.05, 0) is 30.7 Å². The van der Waals surface area contributed by atoms with Crippen molar-refractivity contribution < 1.29 is 19.8 Å². The lowest BCUT2D eigenvalue weighted by molar-refractivity contribution is 0.0688. The summed E-state index contributed by atoms with van der Waals surface area (Å²) in [5, 5.41) is 19.3. The van der Waals surface area contributed by atoms with Gasteiger partial charge in [0.15, 0.2) is 0 Å². The highest BCUT2D eigenvalue weighted by Gasteiger charge is 2.17. The Hall–Kier alpha value is -3.21. The van der Waals surface area contributed by atoms with E-state index in [1.54, 1.807) is 30.3 Å². The number of carbonyl (C=O) groups is 2. The standard InChI is InChI=1S/C18H13NO4/c1-10-6-7-12-14(18(22)23)9-16(19-15(12)8-10)11-4-2-3-5-13(11)17(20)21/h2-9H,1H3,(H,20,21)(H,22,23). The van der Waals surface area contributed by atoms with Crippen LogP contribution < -0.4 is 0 Å². The molecule has 0 aliphatic heterocycles. The van der Waals surface area contributed by atoms with E-state index in [4.69, 9.17) is 0 Å². The molecule has 1 aromatic heterocycles. The topological polar surface area (TPSA) is 87.5 Å². The number of fused-ring (bicyclic) bond motifs is 1. The molecule has 0 saturated carbocycles. The van der Waals surface area contributed by atoms with Crippen molar-refractivity contribution in [3.05, 3.63) is 65.2 Å². The van der Waals surface area contributed by atoms with Crippen molar-refractivity contribution in [3.63, 3.8) is 0 Å². The Balaban J connectivity index is 2.35. The van der Waals surface area contributed by atoms with Crippen molar-refractivity contribution in [1.29, 1.82) is 0 Å². The van der Waals surface area contributed by atoms with Gasteiger partial charge in [-0.3, -0.25) is 0 Å². The Morgan fingerprint density at radius 2 is 1.61 bits per heavy atom. The van der Waals surface area contributed by atoms with Crippen LogP contribution in [0.1, 0.15) is 26.3 Å². The Labute approximate surface area is 131 Å². The number of benzene rings is 2. The minimum atomic E-state index is -1.08. The van der Waals surface area contributed by atoms with Crippen LogP contribution in [0, 0.1) is 6.92 Å². The van der Waals surface area contributed by atoms with Gasteiger partial charge in [0.2, 0.25) is 0 Å². The van der Waals surface area contributed by atoms with E-state index < -0.39 is 11.9 Å². The average molecular weight is 307 g/mol. The second-order valence-corrected chi connectivity index (χ2v) is 5.23. The van der Waals surface area contributed by atoms with Gasteiger partial charge in [0, 0.05) is 10.9 Å². The second-order valence-electron chi connectivity index (χ2n) is 5.23. The molecule has 0 spiro atoms. The van der Waals surface area contributed by atoms with E-state index in [9.17, 15) is 19.8 Å². The number of aryl methyl sites for hydroxylation is 1. The highest BCUT2D eigenvalue weighted by molar-refractivity contribution is 6.05. The molecule has 23 heavy (non-hydrogen) atoms. The third-order valence-corrected chi connectivity index (χ3v) is 3.63. The molecule has 5 heteroatoms. The minimum Gasteiger partial charge on any atom is -0.478 e. The summed E-state index contributed by atoms with van der Waals surface area (Å²) in [6, 6.07) is 13.2. The summed E-state index contributed by atoms with van der Waals surface area (Å²) in [5.41, 5.74) is 2.39. The number of aromatic nitrogens is 1. The van der Waals surface area contributed by atoms with Crippen molar-refractivity contribution in [2.24, 2.45) is 0 Å². The first-order valence-corrected chi connectivity index (χ1v) is 6.95. The summed E-state index contributed by atoms with van der Waals surface area (Å²) in [7, 11) is 0. The highest BCUT2D eigenvalue weighted by Crippen LogP contribution is 2.28. The molecule has 0 radical (unpaired) electrons.